The Morgan fingerprint density at radius 2 is 2.19 bits per heavy atom. The molecule has 4 heteroatoms. The fraction of sp³-hybridized carbons (Fsp3) is 0.588. The van der Waals surface area contributed by atoms with Gasteiger partial charge in [-0.1, -0.05) is 31.5 Å². The third-order valence-corrected chi connectivity index (χ3v) is 5.76. The SMILES string of the molecule is CCSC1CCCC1NC(=O)C1CCOc2ccccc21. The molecular weight excluding hydrogens is 282 g/mol. The highest BCUT2D eigenvalue weighted by Gasteiger charge is 2.33. The Balaban J connectivity index is 1.69. The van der Waals surface area contributed by atoms with Crippen LogP contribution in [0.1, 0.15) is 44.1 Å². The summed E-state index contributed by atoms with van der Waals surface area (Å²) in [4.78, 5) is 12.7. The second-order valence-electron chi connectivity index (χ2n) is 5.77. The van der Waals surface area contributed by atoms with Crippen LogP contribution in [-0.2, 0) is 4.79 Å². The van der Waals surface area contributed by atoms with Crippen molar-refractivity contribution in [2.75, 3.05) is 12.4 Å². The Hall–Kier alpha value is -1.16. The monoisotopic (exact) mass is 305 g/mol. The van der Waals surface area contributed by atoms with Gasteiger partial charge in [0.2, 0.25) is 5.91 Å². The lowest BCUT2D eigenvalue weighted by molar-refractivity contribution is -0.123. The van der Waals surface area contributed by atoms with Gasteiger partial charge in [0, 0.05) is 16.9 Å². The van der Waals surface area contributed by atoms with E-state index in [1.165, 1.54) is 12.8 Å². The molecule has 1 aromatic carbocycles. The first-order chi connectivity index (χ1) is 10.3. The van der Waals surface area contributed by atoms with Crippen molar-refractivity contribution in [3.63, 3.8) is 0 Å². The fourth-order valence-electron chi connectivity index (χ4n) is 3.40. The molecular formula is C17H23NO2S. The van der Waals surface area contributed by atoms with Gasteiger partial charge in [-0.15, -0.1) is 0 Å². The zero-order valence-corrected chi connectivity index (χ0v) is 13.3. The molecule has 114 valence electrons. The topological polar surface area (TPSA) is 38.3 Å². The first-order valence-corrected chi connectivity index (χ1v) is 8.98. The van der Waals surface area contributed by atoms with Gasteiger partial charge in [-0.3, -0.25) is 4.79 Å². The molecule has 0 saturated heterocycles. The van der Waals surface area contributed by atoms with Crippen molar-refractivity contribution in [2.24, 2.45) is 0 Å². The number of rotatable bonds is 4. The molecule has 2 aliphatic rings. The first-order valence-electron chi connectivity index (χ1n) is 7.93. The highest BCUT2D eigenvalue weighted by Crippen LogP contribution is 2.35. The second-order valence-corrected chi connectivity index (χ2v) is 7.28. The van der Waals surface area contributed by atoms with Crippen LogP contribution in [0.5, 0.6) is 5.75 Å². The predicted molar refractivity (Wildman–Crippen MR) is 87.0 cm³/mol. The maximum Gasteiger partial charge on any atom is 0.228 e. The Labute approximate surface area is 130 Å². The highest BCUT2D eigenvalue weighted by atomic mass is 32.2. The van der Waals surface area contributed by atoms with Crippen LogP contribution in [0, 0.1) is 0 Å². The number of para-hydroxylation sites is 1. The van der Waals surface area contributed by atoms with Gasteiger partial charge in [-0.25, -0.2) is 0 Å². The average Bonchev–Trinajstić information content (AvgIpc) is 2.94. The number of thioether (sulfide) groups is 1. The van der Waals surface area contributed by atoms with Gasteiger partial charge < -0.3 is 10.1 Å². The quantitative estimate of drug-likeness (QED) is 0.927. The lowest BCUT2D eigenvalue weighted by atomic mass is 9.92. The molecule has 1 amide bonds. The molecule has 3 unspecified atom stereocenters. The number of ether oxygens (including phenoxy) is 1. The molecule has 0 aromatic heterocycles. The number of carbonyl (C=O) groups is 1. The Morgan fingerprint density at radius 3 is 3.05 bits per heavy atom. The van der Waals surface area contributed by atoms with E-state index < -0.39 is 0 Å². The minimum absolute atomic E-state index is 0.0529. The summed E-state index contributed by atoms with van der Waals surface area (Å²) >= 11 is 1.98. The number of nitrogens with one attached hydrogen (secondary N) is 1. The van der Waals surface area contributed by atoms with Gasteiger partial charge in [0.05, 0.1) is 12.5 Å². The molecule has 0 radical (unpaired) electrons. The van der Waals surface area contributed by atoms with E-state index in [0.717, 1.165) is 29.9 Å². The standard InChI is InChI=1S/C17H23NO2S/c1-2-21-16-9-5-7-14(16)18-17(19)13-10-11-20-15-8-4-3-6-12(13)15/h3-4,6,8,13-14,16H,2,5,7,9-11H2,1H3,(H,18,19). The molecule has 21 heavy (non-hydrogen) atoms. The largest absolute Gasteiger partial charge is 0.493 e. The minimum atomic E-state index is -0.0529. The van der Waals surface area contributed by atoms with E-state index in [9.17, 15) is 4.79 Å². The van der Waals surface area contributed by atoms with Gasteiger partial charge >= 0.3 is 0 Å². The van der Waals surface area contributed by atoms with Crippen LogP contribution < -0.4 is 10.1 Å². The smallest absolute Gasteiger partial charge is 0.228 e. The molecule has 3 nitrogen and oxygen atoms in total. The summed E-state index contributed by atoms with van der Waals surface area (Å²) < 4.78 is 5.65. The van der Waals surface area contributed by atoms with Crippen LogP contribution in [0.3, 0.4) is 0 Å². The predicted octanol–water partition coefficient (Wildman–Crippen LogP) is 3.34. The summed E-state index contributed by atoms with van der Waals surface area (Å²) in [6, 6.07) is 8.27. The van der Waals surface area contributed by atoms with Gasteiger partial charge in [0.25, 0.3) is 0 Å². The van der Waals surface area contributed by atoms with E-state index in [1.807, 2.05) is 36.0 Å². The third-order valence-electron chi connectivity index (χ3n) is 4.44. The first kappa shape index (κ1) is 14.8. The Kier molecular flexibility index (Phi) is 4.73. The second kappa shape index (κ2) is 6.73. The molecule has 3 atom stereocenters. The van der Waals surface area contributed by atoms with E-state index in [-0.39, 0.29) is 11.8 Å². The van der Waals surface area contributed by atoms with Crippen molar-refractivity contribution in [1.29, 1.82) is 0 Å². The van der Waals surface area contributed by atoms with E-state index in [1.54, 1.807) is 0 Å². The van der Waals surface area contributed by atoms with E-state index in [2.05, 4.69) is 12.2 Å². The summed E-state index contributed by atoms with van der Waals surface area (Å²) in [5, 5.41) is 3.90. The molecule has 1 aliphatic carbocycles. The molecule has 1 aliphatic heterocycles. The number of amides is 1. The molecule has 3 rings (SSSR count). The Bertz CT molecular complexity index is 505. The van der Waals surface area contributed by atoms with Gasteiger partial charge in [-0.2, -0.15) is 11.8 Å². The normalized spacial score (nSPS) is 27.8. The fourth-order valence-corrected chi connectivity index (χ4v) is 4.60. The number of benzene rings is 1. The van der Waals surface area contributed by atoms with Crippen LogP contribution in [-0.4, -0.2) is 29.6 Å². The van der Waals surface area contributed by atoms with Gasteiger partial charge in [0.15, 0.2) is 0 Å². The van der Waals surface area contributed by atoms with Crippen molar-refractivity contribution >= 4 is 17.7 Å². The van der Waals surface area contributed by atoms with Crippen LogP contribution >= 0.6 is 11.8 Å². The van der Waals surface area contributed by atoms with Crippen LogP contribution in [0.4, 0.5) is 0 Å². The molecule has 0 bridgehead atoms. The lowest BCUT2D eigenvalue weighted by Gasteiger charge is -2.28. The minimum Gasteiger partial charge on any atom is -0.493 e. The number of hydrogen-bond acceptors (Lipinski definition) is 3. The van der Waals surface area contributed by atoms with Crippen LogP contribution in [0.15, 0.2) is 24.3 Å². The van der Waals surface area contributed by atoms with E-state index in [0.29, 0.717) is 17.9 Å². The van der Waals surface area contributed by atoms with Crippen molar-refractivity contribution in [3.05, 3.63) is 29.8 Å². The maximum atomic E-state index is 12.7. The van der Waals surface area contributed by atoms with Gasteiger partial charge in [0.1, 0.15) is 5.75 Å². The number of fused-ring (bicyclic) bond motifs is 1. The van der Waals surface area contributed by atoms with Crippen molar-refractivity contribution < 1.29 is 9.53 Å². The summed E-state index contributed by atoms with van der Waals surface area (Å²) in [7, 11) is 0. The van der Waals surface area contributed by atoms with Crippen LogP contribution in [0.2, 0.25) is 0 Å². The van der Waals surface area contributed by atoms with Crippen molar-refractivity contribution in [1.82, 2.24) is 5.32 Å². The molecule has 1 fully saturated rings. The molecule has 1 N–H and O–H groups in total. The maximum absolute atomic E-state index is 12.7. The van der Waals surface area contributed by atoms with Crippen molar-refractivity contribution in [2.45, 2.75) is 49.8 Å². The summed E-state index contributed by atoms with van der Waals surface area (Å²) in [6.45, 7) is 2.82. The van der Waals surface area contributed by atoms with Gasteiger partial charge in [-0.05, 0) is 31.1 Å². The Morgan fingerprint density at radius 1 is 1.33 bits per heavy atom. The van der Waals surface area contributed by atoms with E-state index in [4.69, 9.17) is 4.74 Å². The zero-order chi connectivity index (χ0) is 14.7. The summed E-state index contributed by atoms with van der Waals surface area (Å²) in [6.07, 6.45) is 4.36. The molecule has 0 spiro atoms. The summed E-state index contributed by atoms with van der Waals surface area (Å²) in [5.41, 5.74) is 1.04. The third kappa shape index (κ3) is 3.20. The molecule has 1 aromatic rings. The van der Waals surface area contributed by atoms with Crippen LogP contribution in [0.25, 0.3) is 0 Å². The zero-order valence-electron chi connectivity index (χ0n) is 12.5. The molecule has 1 heterocycles. The number of carbonyl (C=O) groups excluding carboxylic acids is 1. The van der Waals surface area contributed by atoms with Crippen molar-refractivity contribution in [3.8, 4) is 5.75 Å². The molecule has 1 saturated carbocycles. The highest BCUT2D eigenvalue weighted by molar-refractivity contribution is 7.99. The lowest BCUT2D eigenvalue weighted by Crippen LogP contribution is -2.42. The summed E-state index contributed by atoms with van der Waals surface area (Å²) in [5.74, 6) is 2.12. The van der Waals surface area contributed by atoms with E-state index >= 15 is 0 Å². The number of hydrogen-bond donors (Lipinski definition) is 1. The average molecular weight is 305 g/mol.